The van der Waals surface area contributed by atoms with E-state index in [1.807, 2.05) is 7.05 Å². The van der Waals surface area contributed by atoms with Crippen molar-refractivity contribution in [3.8, 4) is 5.75 Å². The topological polar surface area (TPSA) is 24.5 Å². The molecule has 0 saturated carbocycles. The van der Waals surface area contributed by atoms with Gasteiger partial charge in [0.15, 0.2) is 0 Å². The smallest absolute Gasteiger partial charge is 0.128 e. The van der Waals surface area contributed by atoms with Crippen LogP contribution < -0.4 is 15.0 Å². The van der Waals surface area contributed by atoms with Gasteiger partial charge in [-0.15, -0.1) is 0 Å². The maximum atomic E-state index is 5.67. The summed E-state index contributed by atoms with van der Waals surface area (Å²) in [6, 6.07) is 15.1. The first-order valence-electron chi connectivity index (χ1n) is 10.4. The highest BCUT2D eigenvalue weighted by atomic mass is 16.5. The van der Waals surface area contributed by atoms with Gasteiger partial charge < -0.3 is 15.0 Å². The molecule has 3 nitrogen and oxygen atoms in total. The Bertz CT molecular complexity index is 780. The van der Waals surface area contributed by atoms with E-state index in [0.717, 1.165) is 37.2 Å². The third-order valence-corrected chi connectivity index (χ3v) is 5.84. The Kier molecular flexibility index (Phi) is 7.98. The molecule has 2 aromatic carbocycles. The van der Waals surface area contributed by atoms with Crippen LogP contribution >= 0.6 is 0 Å². The standard InChI is InChI=1S/C25H36N2O/c1-7-25(4,22-14-10-11-15-23(22)26-5)18-12-13-20-16-17-21(19-24(20)28-6)27(8-2)9-3/h10-17,19,26H,7-9,18H2,1-6H3/b13-12+/t25-/m1/s1. The van der Waals surface area contributed by atoms with Gasteiger partial charge in [-0.25, -0.2) is 0 Å². The van der Waals surface area contributed by atoms with E-state index >= 15 is 0 Å². The normalized spacial score (nSPS) is 13.4. The molecule has 0 spiro atoms. The lowest BCUT2D eigenvalue weighted by molar-refractivity contribution is 0.413. The van der Waals surface area contributed by atoms with Crippen molar-refractivity contribution in [2.75, 3.05) is 37.5 Å². The van der Waals surface area contributed by atoms with E-state index < -0.39 is 0 Å². The van der Waals surface area contributed by atoms with Crippen molar-refractivity contribution in [1.29, 1.82) is 0 Å². The zero-order chi connectivity index (χ0) is 20.6. The predicted octanol–water partition coefficient (Wildman–Crippen LogP) is 6.35. The molecule has 0 aliphatic carbocycles. The van der Waals surface area contributed by atoms with Gasteiger partial charge in [-0.05, 0) is 55.9 Å². The molecule has 0 aliphatic rings. The summed E-state index contributed by atoms with van der Waals surface area (Å²) in [4.78, 5) is 2.33. The minimum Gasteiger partial charge on any atom is -0.496 e. The Morgan fingerprint density at radius 2 is 1.79 bits per heavy atom. The minimum atomic E-state index is 0.0878. The molecule has 28 heavy (non-hydrogen) atoms. The van der Waals surface area contributed by atoms with Crippen LogP contribution in [0.2, 0.25) is 0 Å². The van der Waals surface area contributed by atoms with Gasteiger partial charge in [0.25, 0.3) is 0 Å². The molecule has 152 valence electrons. The highest BCUT2D eigenvalue weighted by Crippen LogP contribution is 2.37. The molecule has 0 unspecified atom stereocenters. The number of nitrogens with zero attached hydrogens (tertiary/aromatic N) is 1. The molecule has 0 fully saturated rings. The van der Waals surface area contributed by atoms with Crippen LogP contribution in [0.4, 0.5) is 11.4 Å². The fraction of sp³-hybridized carbons (Fsp3) is 0.440. The van der Waals surface area contributed by atoms with Crippen molar-refractivity contribution < 1.29 is 4.74 Å². The number of methoxy groups -OCH3 is 1. The Balaban J connectivity index is 2.25. The van der Waals surface area contributed by atoms with Crippen molar-refractivity contribution in [2.45, 2.75) is 46.0 Å². The van der Waals surface area contributed by atoms with Gasteiger partial charge in [-0.1, -0.05) is 44.2 Å². The number of nitrogens with one attached hydrogen (secondary N) is 1. The van der Waals surface area contributed by atoms with Gasteiger partial charge in [0.2, 0.25) is 0 Å². The second kappa shape index (κ2) is 10.2. The van der Waals surface area contributed by atoms with Crippen molar-refractivity contribution >= 4 is 17.5 Å². The molecule has 2 aromatic rings. The van der Waals surface area contributed by atoms with E-state index in [4.69, 9.17) is 4.74 Å². The molecular weight excluding hydrogens is 344 g/mol. The molecule has 1 atom stereocenters. The highest BCUT2D eigenvalue weighted by Gasteiger charge is 2.25. The number of rotatable bonds is 10. The van der Waals surface area contributed by atoms with Gasteiger partial charge in [0.1, 0.15) is 5.75 Å². The van der Waals surface area contributed by atoms with Gasteiger partial charge >= 0.3 is 0 Å². The average molecular weight is 381 g/mol. The van der Waals surface area contributed by atoms with E-state index in [-0.39, 0.29) is 5.41 Å². The Hall–Kier alpha value is -2.42. The summed E-state index contributed by atoms with van der Waals surface area (Å²) in [5.41, 5.74) is 5.00. The van der Waals surface area contributed by atoms with E-state index in [0.29, 0.717) is 0 Å². The number of benzene rings is 2. The zero-order valence-electron chi connectivity index (χ0n) is 18.4. The summed E-state index contributed by atoms with van der Waals surface area (Å²) in [5, 5.41) is 3.34. The molecule has 0 saturated heterocycles. The number of ether oxygens (including phenoxy) is 1. The maximum Gasteiger partial charge on any atom is 0.128 e. The predicted molar refractivity (Wildman–Crippen MR) is 124 cm³/mol. The summed E-state index contributed by atoms with van der Waals surface area (Å²) >= 11 is 0. The fourth-order valence-corrected chi connectivity index (χ4v) is 3.74. The van der Waals surface area contributed by atoms with Crippen LogP contribution in [0.3, 0.4) is 0 Å². The quantitative estimate of drug-likeness (QED) is 0.519. The second-order valence-electron chi connectivity index (χ2n) is 7.41. The lowest BCUT2D eigenvalue weighted by atomic mass is 9.76. The third-order valence-electron chi connectivity index (χ3n) is 5.84. The molecule has 0 radical (unpaired) electrons. The van der Waals surface area contributed by atoms with E-state index in [2.05, 4.69) is 92.5 Å². The Morgan fingerprint density at radius 3 is 2.39 bits per heavy atom. The molecular formula is C25H36N2O. The van der Waals surface area contributed by atoms with Crippen LogP contribution in [0, 0.1) is 0 Å². The van der Waals surface area contributed by atoms with Crippen LogP contribution in [0.15, 0.2) is 48.5 Å². The van der Waals surface area contributed by atoms with Crippen LogP contribution in [-0.4, -0.2) is 27.2 Å². The molecule has 0 bridgehead atoms. The van der Waals surface area contributed by atoms with E-state index in [1.165, 1.54) is 16.9 Å². The molecule has 0 aromatic heterocycles. The largest absolute Gasteiger partial charge is 0.496 e. The lowest BCUT2D eigenvalue weighted by Crippen LogP contribution is -2.21. The SMILES string of the molecule is CCN(CC)c1ccc(/C=C/C[C@@](C)(CC)c2ccccc2NC)c(OC)c1. The average Bonchev–Trinajstić information content (AvgIpc) is 2.75. The Morgan fingerprint density at radius 1 is 1.07 bits per heavy atom. The first-order valence-corrected chi connectivity index (χ1v) is 10.4. The number of hydrogen-bond donors (Lipinski definition) is 1. The molecule has 0 amide bonds. The summed E-state index contributed by atoms with van der Waals surface area (Å²) < 4.78 is 5.67. The Labute approximate surface area is 171 Å². The highest BCUT2D eigenvalue weighted by molar-refractivity contribution is 5.64. The molecule has 0 aliphatic heterocycles. The molecule has 3 heteroatoms. The summed E-state index contributed by atoms with van der Waals surface area (Å²) in [6.07, 6.45) is 6.53. The summed E-state index contributed by atoms with van der Waals surface area (Å²) in [6.45, 7) is 11.0. The first-order chi connectivity index (χ1) is 13.5. The molecule has 0 heterocycles. The van der Waals surface area contributed by atoms with E-state index in [1.54, 1.807) is 7.11 Å². The van der Waals surface area contributed by atoms with Gasteiger partial charge in [-0.2, -0.15) is 0 Å². The van der Waals surface area contributed by atoms with Gasteiger partial charge in [0, 0.05) is 43.1 Å². The van der Waals surface area contributed by atoms with E-state index in [9.17, 15) is 0 Å². The van der Waals surface area contributed by atoms with Gasteiger partial charge in [-0.3, -0.25) is 0 Å². The monoisotopic (exact) mass is 380 g/mol. The van der Waals surface area contributed by atoms with Crippen molar-refractivity contribution in [1.82, 2.24) is 0 Å². The maximum absolute atomic E-state index is 5.67. The number of anilines is 2. The number of allylic oxidation sites excluding steroid dienone is 1. The number of para-hydroxylation sites is 1. The van der Waals surface area contributed by atoms with Crippen LogP contribution in [-0.2, 0) is 5.41 Å². The summed E-state index contributed by atoms with van der Waals surface area (Å²) in [7, 11) is 3.74. The zero-order valence-corrected chi connectivity index (χ0v) is 18.4. The van der Waals surface area contributed by atoms with Crippen molar-refractivity contribution in [3.05, 3.63) is 59.7 Å². The lowest BCUT2D eigenvalue weighted by Gasteiger charge is -2.30. The molecule has 1 N–H and O–H groups in total. The number of hydrogen-bond acceptors (Lipinski definition) is 3. The third kappa shape index (κ3) is 4.89. The molecule has 2 rings (SSSR count). The van der Waals surface area contributed by atoms with Crippen LogP contribution in [0.1, 0.15) is 51.7 Å². The van der Waals surface area contributed by atoms with Gasteiger partial charge in [0.05, 0.1) is 7.11 Å². The minimum absolute atomic E-state index is 0.0878. The fourth-order valence-electron chi connectivity index (χ4n) is 3.74. The van der Waals surface area contributed by atoms with Crippen LogP contribution in [0.25, 0.3) is 6.08 Å². The van der Waals surface area contributed by atoms with Crippen molar-refractivity contribution in [2.24, 2.45) is 0 Å². The van der Waals surface area contributed by atoms with Crippen LogP contribution in [0.5, 0.6) is 5.75 Å². The van der Waals surface area contributed by atoms with Crippen molar-refractivity contribution in [3.63, 3.8) is 0 Å². The first kappa shape index (κ1) is 21.9. The summed E-state index contributed by atoms with van der Waals surface area (Å²) in [5.74, 6) is 0.925. The second-order valence-corrected chi connectivity index (χ2v) is 7.41.